The van der Waals surface area contributed by atoms with Crippen molar-refractivity contribution in [1.82, 2.24) is 14.5 Å². The fraction of sp³-hybridized carbons (Fsp3) is 0.619. The minimum atomic E-state index is -3.48. The normalized spacial score (nSPS) is 24.4. The van der Waals surface area contributed by atoms with E-state index in [9.17, 15) is 18.0 Å². The van der Waals surface area contributed by atoms with Crippen LogP contribution in [0.1, 0.15) is 37.7 Å². The Morgan fingerprint density at radius 2 is 1.83 bits per heavy atom. The second-order valence-corrected chi connectivity index (χ2v) is 9.92. The lowest BCUT2D eigenvalue weighted by molar-refractivity contribution is -0.133. The van der Waals surface area contributed by atoms with Crippen LogP contribution in [0.4, 0.5) is 0 Å². The molecule has 7 nitrogen and oxygen atoms in total. The van der Waals surface area contributed by atoms with E-state index in [-0.39, 0.29) is 30.3 Å². The van der Waals surface area contributed by atoms with Gasteiger partial charge in [-0.25, -0.2) is 8.42 Å². The van der Waals surface area contributed by atoms with E-state index in [0.717, 1.165) is 18.4 Å². The summed E-state index contributed by atoms with van der Waals surface area (Å²) in [6, 6.07) is 9.50. The first-order valence-electron chi connectivity index (χ1n) is 10.4. The smallest absolute Gasteiger partial charge is 0.224 e. The van der Waals surface area contributed by atoms with Crippen molar-refractivity contribution in [3.05, 3.63) is 35.9 Å². The number of benzene rings is 1. The molecule has 1 aliphatic heterocycles. The van der Waals surface area contributed by atoms with Gasteiger partial charge < -0.3 is 10.2 Å². The molecule has 160 valence electrons. The summed E-state index contributed by atoms with van der Waals surface area (Å²) in [6.45, 7) is 1.39. The predicted molar refractivity (Wildman–Crippen MR) is 112 cm³/mol. The molecule has 8 heteroatoms. The van der Waals surface area contributed by atoms with Crippen molar-refractivity contribution < 1.29 is 18.0 Å². The maximum absolute atomic E-state index is 12.8. The summed E-state index contributed by atoms with van der Waals surface area (Å²) in [5, 5.41) is 2.93. The zero-order chi connectivity index (χ0) is 20.9. The average Bonchev–Trinajstić information content (AvgIpc) is 2.70. The molecule has 0 radical (unpaired) electrons. The Bertz CT molecular complexity index is 812. The van der Waals surface area contributed by atoms with Gasteiger partial charge in [0.15, 0.2) is 0 Å². The Morgan fingerprint density at radius 3 is 2.55 bits per heavy atom. The minimum Gasteiger partial charge on any atom is -0.354 e. The number of hydrogen-bond donors (Lipinski definition) is 1. The number of carbonyl (C=O) groups excluding carboxylic acids is 2. The van der Waals surface area contributed by atoms with Gasteiger partial charge in [0.25, 0.3) is 0 Å². The molecule has 1 saturated heterocycles. The Kier molecular flexibility index (Phi) is 7.29. The van der Waals surface area contributed by atoms with Crippen LogP contribution in [0.3, 0.4) is 0 Å². The standard InChI is InChI=1S/C21H31N3O4S/c1-29(27,28)24-16-15-23(20(25)12-11-17-7-3-2-4-8-17)14-13-22-21(26)18-9-5-6-10-19(18)24/h2-4,7-8,18-19H,5-6,9-16H2,1H3,(H,22,26)/t18-,19+/m0/s1. The van der Waals surface area contributed by atoms with Crippen LogP contribution in [0.25, 0.3) is 0 Å². The van der Waals surface area contributed by atoms with Gasteiger partial charge in [0, 0.05) is 38.6 Å². The second kappa shape index (κ2) is 9.71. The summed E-state index contributed by atoms with van der Waals surface area (Å²) in [5.41, 5.74) is 1.10. The highest BCUT2D eigenvalue weighted by Gasteiger charge is 2.39. The van der Waals surface area contributed by atoms with E-state index in [4.69, 9.17) is 0 Å². The molecule has 2 fully saturated rings. The summed E-state index contributed by atoms with van der Waals surface area (Å²) in [4.78, 5) is 27.2. The molecule has 0 spiro atoms. The summed E-state index contributed by atoms with van der Waals surface area (Å²) in [5.74, 6) is -0.418. The highest BCUT2D eigenvalue weighted by Crippen LogP contribution is 2.30. The number of carbonyl (C=O) groups is 2. The number of nitrogens with one attached hydrogen (secondary N) is 1. The molecule has 1 aromatic carbocycles. The SMILES string of the molecule is CS(=O)(=O)N1CCN(C(=O)CCc2ccccc2)CCNC(=O)[C@H]2CCCC[C@H]21. The van der Waals surface area contributed by atoms with Crippen molar-refractivity contribution >= 4 is 21.8 Å². The van der Waals surface area contributed by atoms with Crippen molar-refractivity contribution in [3.63, 3.8) is 0 Å². The van der Waals surface area contributed by atoms with Gasteiger partial charge in [0.05, 0.1) is 12.2 Å². The maximum atomic E-state index is 12.8. The highest BCUT2D eigenvalue weighted by molar-refractivity contribution is 7.88. The van der Waals surface area contributed by atoms with Crippen molar-refractivity contribution in [2.75, 3.05) is 32.4 Å². The predicted octanol–water partition coefficient (Wildman–Crippen LogP) is 1.40. The third-order valence-electron chi connectivity index (χ3n) is 5.96. The molecule has 0 unspecified atom stereocenters. The fourth-order valence-electron chi connectivity index (χ4n) is 4.42. The molecule has 1 aliphatic carbocycles. The van der Waals surface area contributed by atoms with Crippen LogP contribution in [-0.4, -0.2) is 67.9 Å². The Morgan fingerprint density at radius 1 is 1.10 bits per heavy atom. The largest absolute Gasteiger partial charge is 0.354 e. The van der Waals surface area contributed by atoms with Crippen molar-refractivity contribution in [1.29, 1.82) is 0 Å². The molecule has 1 heterocycles. The highest BCUT2D eigenvalue weighted by atomic mass is 32.2. The first-order chi connectivity index (χ1) is 13.9. The van der Waals surface area contributed by atoms with Crippen LogP contribution >= 0.6 is 0 Å². The number of amides is 2. The first-order valence-corrected chi connectivity index (χ1v) is 12.3. The van der Waals surface area contributed by atoms with E-state index in [1.54, 1.807) is 4.90 Å². The number of rotatable bonds is 4. The van der Waals surface area contributed by atoms with Gasteiger partial charge in [-0.2, -0.15) is 4.31 Å². The molecular formula is C21H31N3O4S. The monoisotopic (exact) mass is 421 g/mol. The topological polar surface area (TPSA) is 86.8 Å². The minimum absolute atomic E-state index is 0.0164. The number of fused-ring (bicyclic) bond motifs is 1. The quantitative estimate of drug-likeness (QED) is 0.796. The van der Waals surface area contributed by atoms with E-state index < -0.39 is 10.0 Å². The van der Waals surface area contributed by atoms with Gasteiger partial charge in [-0.1, -0.05) is 43.2 Å². The van der Waals surface area contributed by atoms with Crippen LogP contribution in [-0.2, 0) is 26.0 Å². The van der Waals surface area contributed by atoms with Crippen LogP contribution in [0.2, 0.25) is 0 Å². The third-order valence-corrected chi connectivity index (χ3v) is 7.26. The van der Waals surface area contributed by atoms with Crippen LogP contribution in [0.15, 0.2) is 30.3 Å². The molecule has 0 aromatic heterocycles. The van der Waals surface area contributed by atoms with Crippen molar-refractivity contribution in [2.45, 2.75) is 44.6 Å². The van der Waals surface area contributed by atoms with Gasteiger partial charge in [0.2, 0.25) is 21.8 Å². The van der Waals surface area contributed by atoms with E-state index in [2.05, 4.69) is 5.32 Å². The molecule has 1 saturated carbocycles. The Balaban J connectivity index is 1.72. The first kappa shape index (κ1) is 21.8. The second-order valence-electron chi connectivity index (χ2n) is 7.99. The summed E-state index contributed by atoms with van der Waals surface area (Å²) in [7, 11) is -3.48. The number of sulfonamides is 1. The van der Waals surface area contributed by atoms with Crippen LogP contribution < -0.4 is 5.32 Å². The lowest BCUT2D eigenvalue weighted by Gasteiger charge is -2.39. The summed E-state index contributed by atoms with van der Waals surface area (Å²) < 4.78 is 26.4. The fourth-order valence-corrected chi connectivity index (χ4v) is 5.58. The Labute approximate surface area is 173 Å². The van der Waals surface area contributed by atoms with Gasteiger partial charge in [-0.05, 0) is 24.8 Å². The lowest BCUT2D eigenvalue weighted by Crippen LogP contribution is -2.55. The Hall–Kier alpha value is -1.93. The molecular weight excluding hydrogens is 390 g/mol. The van der Waals surface area contributed by atoms with E-state index in [1.807, 2.05) is 30.3 Å². The molecule has 0 bridgehead atoms. The molecule has 3 rings (SSSR count). The van der Waals surface area contributed by atoms with E-state index in [0.29, 0.717) is 45.3 Å². The van der Waals surface area contributed by atoms with Crippen molar-refractivity contribution in [2.24, 2.45) is 5.92 Å². The third kappa shape index (κ3) is 5.79. The van der Waals surface area contributed by atoms with Gasteiger partial charge >= 0.3 is 0 Å². The summed E-state index contributed by atoms with van der Waals surface area (Å²) >= 11 is 0. The number of hydrogen-bond acceptors (Lipinski definition) is 4. The summed E-state index contributed by atoms with van der Waals surface area (Å²) in [6.07, 6.45) is 5.46. The molecule has 1 N–H and O–H groups in total. The van der Waals surface area contributed by atoms with E-state index >= 15 is 0 Å². The molecule has 29 heavy (non-hydrogen) atoms. The number of nitrogens with zero attached hydrogens (tertiary/aromatic N) is 2. The van der Waals surface area contributed by atoms with E-state index in [1.165, 1.54) is 10.6 Å². The molecule has 2 amide bonds. The maximum Gasteiger partial charge on any atom is 0.224 e. The zero-order valence-corrected chi connectivity index (χ0v) is 17.9. The number of aryl methyl sites for hydroxylation is 1. The molecule has 2 aliphatic rings. The van der Waals surface area contributed by atoms with Crippen LogP contribution in [0, 0.1) is 5.92 Å². The molecule has 2 atom stereocenters. The van der Waals surface area contributed by atoms with Gasteiger partial charge in [0.1, 0.15) is 0 Å². The van der Waals surface area contributed by atoms with Crippen LogP contribution in [0.5, 0.6) is 0 Å². The zero-order valence-electron chi connectivity index (χ0n) is 17.0. The van der Waals surface area contributed by atoms with Gasteiger partial charge in [-0.3, -0.25) is 9.59 Å². The lowest BCUT2D eigenvalue weighted by atomic mass is 9.83. The van der Waals surface area contributed by atoms with Crippen molar-refractivity contribution in [3.8, 4) is 0 Å². The average molecular weight is 422 g/mol. The van der Waals surface area contributed by atoms with Gasteiger partial charge in [-0.15, -0.1) is 0 Å². The molecule has 1 aromatic rings.